The van der Waals surface area contributed by atoms with Gasteiger partial charge in [-0.15, -0.1) is 5.10 Å². The third-order valence-electron chi connectivity index (χ3n) is 6.79. The van der Waals surface area contributed by atoms with E-state index >= 15 is 0 Å². The number of hydrogen-bond donors (Lipinski definition) is 1. The van der Waals surface area contributed by atoms with Crippen LogP contribution in [0.1, 0.15) is 42.3 Å². The molecule has 1 aliphatic heterocycles. The van der Waals surface area contributed by atoms with Crippen molar-refractivity contribution in [1.82, 2.24) is 20.1 Å². The number of likely N-dealkylation sites (N-methyl/N-ethyl adjacent to an activating group) is 1. The molecular formula is C24H31FN6. The standard InChI is InChI=1S/C24H31FN6/c1-14-8-18(25)9-19(15(14)2)16(3)27-23-20-10-22(26-11-21(20)17(4)28-29-23)31-12-24(5,13-31)30(6)7/h8-11,16H,12-13H2,1-7H3,(H,27,29)/t16-/m1/s1. The highest BCUT2D eigenvalue weighted by Gasteiger charge is 2.41. The van der Waals surface area contributed by atoms with E-state index in [0.717, 1.165) is 52.1 Å². The summed E-state index contributed by atoms with van der Waals surface area (Å²) in [6.07, 6.45) is 1.88. The summed E-state index contributed by atoms with van der Waals surface area (Å²) in [4.78, 5) is 9.23. The summed E-state index contributed by atoms with van der Waals surface area (Å²) < 4.78 is 14.0. The number of aryl methyl sites for hydroxylation is 2. The van der Waals surface area contributed by atoms with Crippen molar-refractivity contribution in [3.63, 3.8) is 0 Å². The normalized spacial score (nSPS) is 16.5. The molecule has 4 rings (SSSR count). The van der Waals surface area contributed by atoms with Crippen LogP contribution in [0.25, 0.3) is 10.8 Å². The van der Waals surface area contributed by atoms with Gasteiger partial charge in [0.15, 0.2) is 5.82 Å². The van der Waals surface area contributed by atoms with E-state index in [1.54, 1.807) is 12.1 Å². The molecule has 6 nitrogen and oxygen atoms in total. The Balaban J connectivity index is 1.68. The molecular weight excluding hydrogens is 391 g/mol. The van der Waals surface area contributed by atoms with Gasteiger partial charge in [-0.05, 0) is 83.6 Å². The van der Waals surface area contributed by atoms with Crippen molar-refractivity contribution in [3.8, 4) is 0 Å². The number of benzene rings is 1. The van der Waals surface area contributed by atoms with E-state index in [-0.39, 0.29) is 17.4 Å². The Morgan fingerprint density at radius 1 is 1.10 bits per heavy atom. The number of rotatable bonds is 5. The first-order valence-corrected chi connectivity index (χ1v) is 10.7. The Morgan fingerprint density at radius 3 is 2.48 bits per heavy atom. The molecule has 0 spiro atoms. The minimum absolute atomic E-state index is 0.118. The number of nitrogens with zero attached hydrogens (tertiary/aromatic N) is 5. The molecule has 0 saturated carbocycles. The van der Waals surface area contributed by atoms with E-state index in [0.29, 0.717) is 5.82 Å². The molecule has 0 bridgehead atoms. The van der Waals surface area contributed by atoms with Crippen molar-refractivity contribution < 1.29 is 4.39 Å². The van der Waals surface area contributed by atoms with Gasteiger partial charge in [0.1, 0.15) is 11.6 Å². The predicted molar refractivity (Wildman–Crippen MR) is 124 cm³/mol. The number of hydrogen-bond acceptors (Lipinski definition) is 6. The van der Waals surface area contributed by atoms with Crippen molar-refractivity contribution in [2.24, 2.45) is 0 Å². The third kappa shape index (κ3) is 3.82. The number of fused-ring (bicyclic) bond motifs is 1. The zero-order valence-electron chi connectivity index (χ0n) is 19.4. The van der Waals surface area contributed by atoms with E-state index < -0.39 is 0 Å². The molecule has 3 aromatic rings. The van der Waals surface area contributed by atoms with Gasteiger partial charge in [-0.1, -0.05) is 0 Å². The molecule has 1 atom stereocenters. The number of nitrogens with one attached hydrogen (secondary N) is 1. The largest absolute Gasteiger partial charge is 0.362 e. The van der Waals surface area contributed by atoms with E-state index in [9.17, 15) is 4.39 Å². The van der Waals surface area contributed by atoms with E-state index in [1.807, 2.05) is 33.9 Å². The van der Waals surface area contributed by atoms with E-state index in [2.05, 4.69) is 52.4 Å². The van der Waals surface area contributed by atoms with Crippen LogP contribution in [0.2, 0.25) is 0 Å². The summed E-state index contributed by atoms with van der Waals surface area (Å²) in [5.74, 6) is 1.40. The molecule has 7 heteroatoms. The average molecular weight is 423 g/mol. The van der Waals surface area contributed by atoms with Gasteiger partial charge in [-0.3, -0.25) is 0 Å². The van der Waals surface area contributed by atoms with Crippen LogP contribution in [0.3, 0.4) is 0 Å². The van der Waals surface area contributed by atoms with Gasteiger partial charge in [0.2, 0.25) is 0 Å². The SMILES string of the molecule is Cc1cc(F)cc([C@@H](C)Nc2nnc(C)c3cnc(N4CC(C)(N(C)C)C4)cc23)c1C. The Morgan fingerprint density at radius 2 is 1.81 bits per heavy atom. The second-order valence-corrected chi connectivity index (χ2v) is 9.27. The average Bonchev–Trinajstić information content (AvgIpc) is 2.69. The third-order valence-corrected chi connectivity index (χ3v) is 6.79. The van der Waals surface area contributed by atoms with Crippen LogP contribution in [0.5, 0.6) is 0 Å². The molecule has 1 fully saturated rings. The first-order valence-electron chi connectivity index (χ1n) is 10.7. The Hall–Kier alpha value is -2.80. The van der Waals surface area contributed by atoms with Crippen molar-refractivity contribution in [2.75, 3.05) is 37.4 Å². The lowest BCUT2D eigenvalue weighted by Crippen LogP contribution is -2.67. The van der Waals surface area contributed by atoms with Crippen LogP contribution in [0.4, 0.5) is 16.0 Å². The second kappa shape index (κ2) is 7.71. The van der Waals surface area contributed by atoms with Gasteiger partial charge < -0.3 is 15.1 Å². The van der Waals surface area contributed by atoms with E-state index in [1.165, 1.54) is 0 Å². The van der Waals surface area contributed by atoms with Crippen LogP contribution in [0.15, 0.2) is 24.4 Å². The van der Waals surface area contributed by atoms with Crippen molar-refractivity contribution in [1.29, 1.82) is 0 Å². The number of halogens is 1. The van der Waals surface area contributed by atoms with Crippen molar-refractivity contribution in [2.45, 2.75) is 46.2 Å². The van der Waals surface area contributed by atoms with Gasteiger partial charge in [0.25, 0.3) is 0 Å². The molecule has 1 saturated heterocycles. The number of anilines is 2. The second-order valence-electron chi connectivity index (χ2n) is 9.27. The molecule has 1 N–H and O–H groups in total. The van der Waals surface area contributed by atoms with Gasteiger partial charge in [0.05, 0.1) is 17.3 Å². The molecule has 0 radical (unpaired) electrons. The Bertz CT molecular complexity index is 1140. The summed E-state index contributed by atoms with van der Waals surface area (Å²) in [6.45, 7) is 12.0. The van der Waals surface area contributed by atoms with Crippen LogP contribution in [0, 0.1) is 26.6 Å². The topological polar surface area (TPSA) is 57.2 Å². The highest BCUT2D eigenvalue weighted by atomic mass is 19.1. The summed E-state index contributed by atoms with van der Waals surface area (Å²) in [5, 5.41) is 14.2. The Labute approximate surface area is 183 Å². The minimum Gasteiger partial charge on any atom is -0.362 e. The summed E-state index contributed by atoms with van der Waals surface area (Å²) in [5.41, 5.74) is 3.94. The highest BCUT2D eigenvalue weighted by Crippen LogP contribution is 2.34. The summed E-state index contributed by atoms with van der Waals surface area (Å²) >= 11 is 0. The van der Waals surface area contributed by atoms with E-state index in [4.69, 9.17) is 4.98 Å². The molecule has 2 aromatic heterocycles. The first kappa shape index (κ1) is 21.4. The lowest BCUT2D eigenvalue weighted by atomic mass is 9.91. The maximum Gasteiger partial charge on any atom is 0.157 e. The fourth-order valence-corrected chi connectivity index (χ4v) is 4.24. The van der Waals surface area contributed by atoms with Crippen molar-refractivity contribution >= 4 is 22.4 Å². The molecule has 0 unspecified atom stereocenters. The summed E-state index contributed by atoms with van der Waals surface area (Å²) in [7, 11) is 4.23. The maximum absolute atomic E-state index is 14.0. The number of aromatic nitrogens is 3. The zero-order chi connectivity index (χ0) is 22.5. The molecule has 1 aliphatic rings. The molecule has 31 heavy (non-hydrogen) atoms. The number of pyridine rings is 1. The van der Waals surface area contributed by atoms with Crippen LogP contribution < -0.4 is 10.2 Å². The fourth-order valence-electron chi connectivity index (χ4n) is 4.24. The van der Waals surface area contributed by atoms with Gasteiger partial charge >= 0.3 is 0 Å². The highest BCUT2D eigenvalue weighted by molar-refractivity contribution is 5.94. The lowest BCUT2D eigenvalue weighted by molar-refractivity contribution is 0.132. The molecule has 164 valence electrons. The zero-order valence-corrected chi connectivity index (χ0v) is 19.4. The molecule has 0 amide bonds. The Kier molecular flexibility index (Phi) is 5.33. The van der Waals surface area contributed by atoms with Crippen molar-refractivity contribution in [3.05, 3.63) is 52.6 Å². The first-order chi connectivity index (χ1) is 14.6. The van der Waals surface area contributed by atoms with Gasteiger partial charge in [-0.2, -0.15) is 5.10 Å². The molecule has 1 aromatic carbocycles. The minimum atomic E-state index is -0.222. The lowest BCUT2D eigenvalue weighted by Gasteiger charge is -2.52. The summed E-state index contributed by atoms with van der Waals surface area (Å²) in [6, 6.07) is 5.13. The molecule has 0 aliphatic carbocycles. The quantitative estimate of drug-likeness (QED) is 0.658. The van der Waals surface area contributed by atoms with Gasteiger partial charge in [0, 0.05) is 30.1 Å². The van der Waals surface area contributed by atoms with Crippen LogP contribution in [-0.2, 0) is 0 Å². The maximum atomic E-state index is 14.0. The monoisotopic (exact) mass is 422 g/mol. The van der Waals surface area contributed by atoms with Crippen LogP contribution >= 0.6 is 0 Å². The smallest absolute Gasteiger partial charge is 0.157 e. The van der Waals surface area contributed by atoms with Gasteiger partial charge in [-0.25, -0.2) is 9.37 Å². The fraction of sp³-hybridized carbons (Fsp3) is 0.458. The molecule has 3 heterocycles. The predicted octanol–water partition coefficient (Wildman–Crippen LogP) is 4.40. The van der Waals surface area contributed by atoms with Crippen LogP contribution in [-0.4, -0.2) is 52.8 Å².